The summed E-state index contributed by atoms with van der Waals surface area (Å²) in [4.78, 5) is 4.84. The SMILES string of the molecule is CCNC(=NCc1ccccc1OC1CCC1)NC1CCOc2ccccc21. The summed E-state index contributed by atoms with van der Waals surface area (Å²) in [5, 5.41) is 6.95. The first kappa shape index (κ1) is 18.7. The number of nitrogens with one attached hydrogen (secondary N) is 2. The molecule has 0 radical (unpaired) electrons. The van der Waals surface area contributed by atoms with Gasteiger partial charge in [0.2, 0.25) is 0 Å². The van der Waals surface area contributed by atoms with Crippen LogP contribution < -0.4 is 20.1 Å². The lowest BCUT2D eigenvalue weighted by Crippen LogP contribution is -2.41. The molecule has 1 saturated carbocycles. The van der Waals surface area contributed by atoms with Crippen LogP contribution in [0.3, 0.4) is 0 Å². The normalized spacial score (nSPS) is 19.2. The van der Waals surface area contributed by atoms with Crippen LogP contribution in [0.4, 0.5) is 0 Å². The van der Waals surface area contributed by atoms with Crippen molar-refractivity contribution in [2.24, 2.45) is 4.99 Å². The van der Waals surface area contributed by atoms with Crippen molar-refractivity contribution in [3.05, 3.63) is 59.7 Å². The molecule has 0 aromatic heterocycles. The van der Waals surface area contributed by atoms with E-state index in [9.17, 15) is 0 Å². The second kappa shape index (κ2) is 9.00. The number of benzene rings is 2. The third kappa shape index (κ3) is 4.41. The summed E-state index contributed by atoms with van der Waals surface area (Å²) in [6.07, 6.45) is 4.88. The number of aliphatic imine (C=N–C) groups is 1. The highest BCUT2D eigenvalue weighted by Crippen LogP contribution is 2.31. The molecule has 5 heteroatoms. The number of rotatable bonds is 6. The molecule has 5 nitrogen and oxygen atoms in total. The first-order valence-corrected chi connectivity index (χ1v) is 10.3. The van der Waals surface area contributed by atoms with Gasteiger partial charge in [0.05, 0.1) is 25.3 Å². The second-order valence-corrected chi connectivity index (χ2v) is 7.35. The van der Waals surface area contributed by atoms with Gasteiger partial charge in [0.1, 0.15) is 11.5 Å². The zero-order valence-corrected chi connectivity index (χ0v) is 16.5. The van der Waals surface area contributed by atoms with Crippen molar-refractivity contribution in [3.63, 3.8) is 0 Å². The first-order chi connectivity index (χ1) is 13.8. The molecule has 2 aromatic carbocycles. The highest BCUT2D eigenvalue weighted by Gasteiger charge is 2.22. The van der Waals surface area contributed by atoms with Crippen molar-refractivity contribution >= 4 is 5.96 Å². The van der Waals surface area contributed by atoms with Gasteiger partial charge < -0.3 is 20.1 Å². The van der Waals surface area contributed by atoms with Gasteiger partial charge in [-0.15, -0.1) is 0 Å². The van der Waals surface area contributed by atoms with E-state index in [0.29, 0.717) is 19.3 Å². The number of hydrogen-bond acceptors (Lipinski definition) is 3. The summed E-state index contributed by atoms with van der Waals surface area (Å²) in [7, 11) is 0. The summed E-state index contributed by atoms with van der Waals surface area (Å²) in [5.41, 5.74) is 2.31. The number of para-hydroxylation sites is 2. The van der Waals surface area contributed by atoms with Gasteiger partial charge in [-0.25, -0.2) is 4.99 Å². The molecule has 0 bridgehead atoms. The molecule has 1 atom stereocenters. The van der Waals surface area contributed by atoms with Gasteiger partial charge in [-0.05, 0) is 38.3 Å². The second-order valence-electron chi connectivity index (χ2n) is 7.35. The Balaban J connectivity index is 1.47. The molecule has 4 rings (SSSR count). The maximum absolute atomic E-state index is 6.14. The molecule has 0 saturated heterocycles. The Labute approximate surface area is 167 Å². The number of guanidine groups is 1. The minimum atomic E-state index is 0.198. The lowest BCUT2D eigenvalue weighted by atomic mass is 9.96. The fraction of sp³-hybridized carbons (Fsp3) is 0.435. The summed E-state index contributed by atoms with van der Waals surface area (Å²) in [6, 6.07) is 16.7. The Morgan fingerprint density at radius 2 is 1.93 bits per heavy atom. The van der Waals surface area contributed by atoms with Crippen LogP contribution in [0.5, 0.6) is 11.5 Å². The van der Waals surface area contributed by atoms with Crippen molar-refractivity contribution < 1.29 is 9.47 Å². The lowest BCUT2D eigenvalue weighted by Gasteiger charge is -2.28. The van der Waals surface area contributed by atoms with Crippen LogP contribution in [0, 0.1) is 0 Å². The molecule has 1 fully saturated rings. The number of nitrogens with zero attached hydrogens (tertiary/aromatic N) is 1. The monoisotopic (exact) mass is 379 g/mol. The smallest absolute Gasteiger partial charge is 0.192 e. The van der Waals surface area contributed by atoms with Crippen molar-refractivity contribution in [1.82, 2.24) is 10.6 Å². The Kier molecular flexibility index (Phi) is 6.00. The largest absolute Gasteiger partial charge is 0.493 e. The minimum absolute atomic E-state index is 0.198. The van der Waals surface area contributed by atoms with Crippen LogP contribution in [0.1, 0.15) is 49.8 Å². The molecule has 2 N–H and O–H groups in total. The average molecular weight is 380 g/mol. The van der Waals surface area contributed by atoms with Crippen LogP contribution in [0.15, 0.2) is 53.5 Å². The van der Waals surface area contributed by atoms with E-state index in [1.165, 1.54) is 12.0 Å². The van der Waals surface area contributed by atoms with Gasteiger partial charge in [0, 0.05) is 24.1 Å². The molecule has 1 heterocycles. The van der Waals surface area contributed by atoms with Crippen LogP contribution in [-0.2, 0) is 6.54 Å². The lowest BCUT2D eigenvalue weighted by molar-refractivity contribution is 0.119. The molecule has 148 valence electrons. The fourth-order valence-electron chi connectivity index (χ4n) is 3.56. The zero-order chi connectivity index (χ0) is 19.2. The van der Waals surface area contributed by atoms with E-state index in [1.54, 1.807) is 0 Å². The predicted molar refractivity (Wildman–Crippen MR) is 112 cm³/mol. The van der Waals surface area contributed by atoms with Crippen molar-refractivity contribution in [3.8, 4) is 11.5 Å². The van der Waals surface area contributed by atoms with Gasteiger partial charge in [-0.3, -0.25) is 0 Å². The molecule has 0 spiro atoms. The van der Waals surface area contributed by atoms with Crippen molar-refractivity contribution in [2.45, 2.75) is 51.3 Å². The molecule has 1 unspecified atom stereocenters. The Morgan fingerprint density at radius 3 is 2.75 bits per heavy atom. The summed E-state index contributed by atoms with van der Waals surface area (Å²) in [6.45, 7) is 4.20. The van der Waals surface area contributed by atoms with Gasteiger partial charge in [0.15, 0.2) is 5.96 Å². The quantitative estimate of drug-likeness (QED) is 0.583. The van der Waals surface area contributed by atoms with E-state index < -0.39 is 0 Å². The van der Waals surface area contributed by atoms with Gasteiger partial charge in [-0.2, -0.15) is 0 Å². The maximum atomic E-state index is 6.14. The van der Waals surface area contributed by atoms with Crippen LogP contribution in [0.2, 0.25) is 0 Å². The number of fused-ring (bicyclic) bond motifs is 1. The highest BCUT2D eigenvalue weighted by molar-refractivity contribution is 5.80. The van der Waals surface area contributed by atoms with Crippen LogP contribution in [0.25, 0.3) is 0 Å². The molecule has 2 aromatic rings. The zero-order valence-electron chi connectivity index (χ0n) is 16.5. The Morgan fingerprint density at radius 1 is 1.11 bits per heavy atom. The predicted octanol–water partition coefficient (Wildman–Crippen LogP) is 4.20. The van der Waals surface area contributed by atoms with Crippen LogP contribution in [-0.4, -0.2) is 25.2 Å². The maximum Gasteiger partial charge on any atom is 0.192 e. The van der Waals surface area contributed by atoms with Gasteiger partial charge >= 0.3 is 0 Å². The van der Waals surface area contributed by atoms with E-state index in [-0.39, 0.29) is 6.04 Å². The Hall–Kier alpha value is -2.69. The third-order valence-electron chi connectivity index (χ3n) is 5.34. The fourth-order valence-corrected chi connectivity index (χ4v) is 3.56. The Bertz CT molecular complexity index is 817. The molecular weight excluding hydrogens is 350 g/mol. The average Bonchev–Trinajstić information content (AvgIpc) is 2.70. The van der Waals surface area contributed by atoms with Gasteiger partial charge in [0.25, 0.3) is 0 Å². The standard InChI is InChI=1S/C23H29N3O2/c1-2-24-23(26-20-14-15-27-22-13-6-4-11-19(20)22)25-16-17-8-3-5-12-21(17)28-18-9-7-10-18/h3-6,8,11-13,18,20H,2,7,9-10,14-16H2,1H3,(H2,24,25,26). The number of hydrogen-bond donors (Lipinski definition) is 2. The first-order valence-electron chi connectivity index (χ1n) is 10.3. The van der Waals surface area contributed by atoms with E-state index in [0.717, 1.165) is 48.8 Å². The summed E-state index contributed by atoms with van der Waals surface area (Å²) >= 11 is 0. The topological polar surface area (TPSA) is 54.9 Å². The molecule has 1 aliphatic carbocycles. The molecular formula is C23H29N3O2. The van der Waals surface area contributed by atoms with Crippen LogP contribution >= 0.6 is 0 Å². The number of ether oxygens (including phenoxy) is 2. The molecule has 28 heavy (non-hydrogen) atoms. The van der Waals surface area contributed by atoms with Crippen molar-refractivity contribution in [2.75, 3.05) is 13.2 Å². The van der Waals surface area contributed by atoms with Crippen molar-refractivity contribution in [1.29, 1.82) is 0 Å². The third-order valence-corrected chi connectivity index (χ3v) is 5.34. The van der Waals surface area contributed by atoms with E-state index in [1.807, 2.05) is 24.3 Å². The highest BCUT2D eigenvalue weighted by atomic mass is 16.5. The summed E-state index contributed by atoms with van der Waals surface area (Å²) < 4.78 is 11.9. The van der Waals surface area contributed by atoms with E-state index in [2.05, 4.69) is 41.8 Å². The molecule has 2 aliphatic rings. The molecule has 1 aliphatic heterocycles. The minimum Gasteiger partial charge on any atom is -0.493 e. The summed E-state index contributed by atoms with van der Waals surface area (Å²) in [5.74, 6) is 2.74. The van der Waals surface area contributed by atoms with E-state index in [4.69, 9.17) is 14.5 Å². The van der Waals surface area contributed by atoms with Gasteiger partial charge in [-0.1, -0.05) is 36.4 Å². The molecule has 0 amide bonds. The van der Waals surface area contributed by atoms with E-state index >= 15 is 0 Å².